The zero-order valence-electron chi connectivity index (χ0n) is 18.1. The van der Waals surface area contributed by atoms with E-state index in [9.17, 15) is 19.7 Å². The summed E-state index contributed by atoms with van der Waals surface area (Å²) in [6, 6.07) is 9.70. The molecule has 0 spiro atoms. The number of anilines is 1. The Morgan fingerprint density at radius 1 is 1.22 bits per heavy atom. The highest BCUT2D eigenvalue weighted by Gasteiger charge is 2.40. The summed E-state index contributed by atoms with van der Waals surface area (Å²) < 4.78 is 0. The average molecular weight is 432 g/mol. The van der Waals surface area contributed by atoms with Crippen molar-refractivity contribution in [3.8, 4) is 0 Å². The molecule has 2 N–H and O–H groups in total. The third-order valence-corrected chi connectivity index (χ3v) is 5.84. The molecule has 0 bridgehead atoms. The van der Waals surface area contributed by atoms with Gasteiger partial charge in [0.2, 0.25) is 0 Å². The molecule has 4 rings (SSSR count). The Hall–Kier alpha value is -3.81. The number of hydrogen-bond donors (Lipinski definition) is 2. The predicted octanol–water partition coefficient (Wildman–Crippen LogP) is 4.15. The number of carbonyl (C=O) groups is 2. The van der Waals surface area contributed by atoms with E-state index in [2.05, 4.69) is 15.6 Å². The summed E-state index contributed by atoms with van der Waals surface area (Å²) in [6.07, 6.45) is 2.71. The number of aromatic nitrogens is 1. The molecule has 1 aliphatic carbocycles. The van der Waals surface area contributed by atoms with E-state index in [0.29, 0.717) is 41.1 Å². The summed E-state index contributed by atoms with van der Waals surface area (Å²) in [5, 5.41) is 17.5. The van der Waals surface area contributed by atoms with E-state index in [0.717, 1.165) is 11.3 Å². The molecule has 1 amide bonds. The fourth-order valence-corrected chi connectivity index (χ4v) is 4.41. The van der Waals surface area contributed by atoms with Gasteiger partial charge in [0.1, 0.15) is 5.82 Å². The number of nitro benzene ring substituents is 1. The highest BCUT2D eigenvalue weighted by molar-refractivity contribution is 6.09. The van der Waals surface area contributed by atoms with Crippen molar-refractivity contribution in [3.63, 3.8) is 0 Å². The van der Waals surface area contributed by atoms with Crippen LogP contribution in [-0.2, 0) is 9.59 Å². The second-order valence-electron chi connectivity index (χ2n) is 8.45. The lowest BCUT2D eigenvalue weighted by Gasteiger charge is -2.36. The van der Waals surface area contributed by atoms with Gasteiger partial charge >= 0.3 is 0 Å². The Bertz CT molecular complexity index is 1180. The van der Waals surface area contributed by atoms with E-state index >= 15 is 0 Å². The number of rotatable bonds is 4. The molecule has 2 unspecified atom stereocenters. The molecule has 164 valence electrons. The standard InChI is InChI=1S/C24H24N4O4/c1-13-7-8-20(25-12-13)27-24(30)21-15(3)26-18-9-14(2)10-19(29)23(18)22(21)16-5-4-6-17(11-16)28(31)32/h4-8,11-12,14,22,26H,9-10H2,1-3H3,(H,25,27,30). The number of nitrogens with one attached hydrogen (secondary N) is 2. The number of benzene rings is 1. The molecule has 0 saturated carbocycles. The fourth-order valence-electron chi connectivity index (χ4n) is 4.41. The monoisotopic (exact) mass is 432 g/mol. The number of hydrogen-bond acceptors (Lipinski definition) is 6. The first kappa shape index (κ1) is 21.4. The minimum Gasteiger partial charge on any atom is -0.362 e. The van der Waals surface area contributed by atoms with Crippen LogP contribution in [0.2, 0.25) is 0 Å². The van der Waals surface area contributed by atoms with Gasteiger partial charge in [-0.15, -0.1) is 0 Å². The van der Waals surface area contributed by atoms with Crippen molar-refractivity contribution in [1.82, 2.24) is 10.3 Å². The Morgan fingerprint density at radius 2 is 2.00 bits per heavy atom. The third kappa shape index (κ3) is 4.03. The molecule has 0 radical (unpaired) electrons. The minimum atomic E-state index is -0.698. The first-order valence-corrected chi connectivity index (χ1v) is 10.5. The van der Waals surface area contributed by atoms with Crippen molar-refractivity contribution in [2.75, 3.05) is 5.32 Å². The minimum absolute atomic E-state index is 0.0472. The van der Waals surface area contributed by atoms with Crippen LogP contribution in [0.15, 0.2) is 65.1 Å². The van der Waals surface area contributed by atoms with Gasteiger partial charge in [0.05, 0.1) is 4.92 Å². The van der Waals surface area contributed by atoms with Crippen LogP contribution < -0.4 is 10.6 Å². The van der Waals surface area contributed by atoms with E-state index in [1.54, 1.807) is 31.3 Å². The predicted molar refractivity (Wildman–Crippen MR) is 120 cm³/mol. The number of aryl methyl sites for hydroxylation is 1. The Labute approximate surface area is 185 Å². The van der Waals surface area contributed by atoms with Crippen molar-refractivity contribution in [3.05, 3.63) is 86.4 Å². The van der Waals surface area contributed by atoms with Crippen LogP contribution in [0.3, 0.4) is 0 Å². The van der Waals surface area contributed by atoms with Gasteiger partial charge in [-0.3, -0.25) is 19.7 Å². The molecule has 2 atom stereocenters. The summed E-state index contributed by atoms with van der Waals surface area (Å²) in [6.45, 7) is 5.70. The third-order valence-electron chi connectivity index (χ3n) is 5.84. The van der Waals surface area contributed by atoms with Gasteiger partial charge in [0.15, 0.2) is 5.78 Å². The van der Waals surface area contributed by atoms with Crippen LogP contribution in [0.1, 0.15) is 43.7 Å². The molecular weight excluding hydrogens is 408 g/mol. The summed E-state index contributed by atoms with van der Waals surface area (Å²) in [5.41, 5.74) is 3.68. The lowest BCUT2D eigenvalue weighted by atomic mass is 9.73. The molecule has 1 aromatic carbocycles. The van der Waals surface area contributed by atoms with E-state index in [-0.39, 0.29) is 17.4 Å². The van der Waals surface area contributed by atoms with E-state index < -0.39 is 16.7 Å². The number of pyridine rings is 1. The first-order chi connectivity index (χ1) is 15.2. The summed E-state index contributed by atoms with van der Waals surface area (Å²) in [4.78, 5) is 41.7. The normalized spacial score (nSPS) is 20.5. The average Bonchev–Trinajstić information content (AvgIpc) is 2.74. The topological polar surface area (TPSA) is 114 Å². The molecule has 1 aliphatic heterocycles. The lowest BCUT2D eigenvalue weighted by molar-refractivity contribution is -0.384. The highest BCUT2D eigenvalue weighted by atomic mass is 16.6. The second-order valence-corrected chi connectivity index (χ2v) is 8.45. The highest BCUT2D eigenvalue weighted by Crippen LogP contribution is 2.44. The number of Topliss-reactive ketones (excluding diaryl/α,β-unsaturated/α-hetero) is 1. The molecule has 8 heteroatoms. The van der Waals surface area contributed by atoms with Crippen LogP contribution >= 0.6 is 0 Å². The van der Waals surface area contributed by atoms with E-state index in [4.69, 9.17) is 0 Å². The van der Waals surface area contributed by atoms with Gasteiger partial charge in [-0.1, -0.05) is 25.1 Å². The van der Waals surface area contributed by atoms with Crippen LogP contribution in [-0.4, -0.2) is 21.6 Å². The maximum Gasteiger partial charge on any atom is 0.269 e. The second kappa shape index (κ2) is 8.37. The zero-order valence-corrected chi connectivity index (χ0v) is 18.1. The number of nitrogens with zero attached hydrogens (tertiary/aromatic N) is 2. The van der Waals surface area contributed by atoms with Gasteiger partial charge in [-0.25, -0.2) is 4.98 Å². The van der Waals surface area contributed by atoms with E-state index in [1.807, 2.05) is 19.9 Å². The molecule has 2 heterocycles. The van der Waals surface area contributed by atoms with E-state index in [1.165, 1.54) is 12.1 Å². The molecule has 32 heavy (non-hydrogen) atoms. The largest absolute Gasteiger partial charge is 0.362 e. The number of dihydropyridines is 1. The Morgan fingerprint density at radius 3 is 2.69 bits per heavy atom. The van der Waals surface area contributed by atoms with Crippen molar-refractivity contribution < 1.29 is 14.5 Å². The van der Waals surface area contributed by atoms with Gasteiger partial charge in [0.25, 0.3) is 11.6 Å². The number of non-ortho nitro benzene ring substituents is 1. The molecule has 1 aromatic heterocycles. The first-order valence-electron chi connectivity index (χ1n) is 10.5. The maximum atomic E-state index is 13.4. The summed E-state index contributed by atoms with van der Waals surface area (Å²) in [5.74, 6) is -0.576. The molecule has 2 aromatic rings. The van der Waals surface area contributed by atoms with Crippen molar-refractivity contribution in [2.24, 2.45) is 5.92 Å². The number of carbonyl (C=O) groups excluding carboxylic acids is 2. The van der Waals surface area contributed by atoms with Crippen LogP contribution in [0.4, 0.5) is 11.5 Å². The maximum absolute atomic E-state index is 13.4. The van der Waals surface area contributed by atoms with Crippen molar-refractivity contribution in [2.45, 2.75) is 39.5 Å². The number of ketones is 1. The molecule has 2 aliphatic rings. The molecule has 0 fully saturated rings. The zero-order chi connectivity index (χ0) is 23.0. The fraction of sp³-hybridized carbons (Fsp3) is 0.292. The summed E-state index contributed by atoms with van der Waals surface area (Å²) >= 11 is 0. The SMILES string of the molecule is CC1=C(C(=O)Nc2ccc(C)cn2)C(c2cccc([N+](=O)[O-])c2)C2=C(CC(C)CC2=O)N1. The van der Waals surface area contributed by atoms with Gasteiger partial charge < -0.3 is 10.6 Å². The van der Waals surface area contributed by atoms with Crippen LogP contribution in [0, 0.1) is 23.0 Å². The van der Waals surface area contributed by atoms with Crippen LogP contribution in [0.5, 0.6) is 0 Å². The van der Waals surface area contributed by atoms with Gasteiger partial charge in [-0.05, 0) is 43.4 Å². The van der Waals surface area contributed by atoms with Gasteiger partial charge in [-0.2, -0.15) is 0 Å². The quantitative estimate of drug-likeness (QED) is 0.554. The molecule has 0 saturated heterocycles. The number of nitro groups is 1. The van der Waals surface area contributed by atoms with Crippen molar-refractivity contribution >= 4 is 23.2 Å². The Balaban J connectivity index is 1.81. The Kier molecular flexibility index (Phi) is 5.61. The molecular formula is C24H24N4O4. The number of allylic oxidation sites excluding steroid dienone is 3. The lowest BCUT2D eigenvalue weighted by Crippen LogP contribution is -2.37. The summed E-state index contributed by atoms with van der Waals surface area (Å²) in [7, 11) is 0. The van der Waals surface area contributed by atoms with Crippen LogP contribution in [0.25, 0.3) is 0 Å². The smallest absolute Gasteiger partial charge is 0.269 e. The number of amides is 1. The van der Waals surface area contributed by atoms with Gasteiger partial charge in [0, 0.05) is 53.2 Å². The van der Waals surface area contributed by atoms with Crippen molar-refractivity contribution in [1.29, 1.82) is 0 Å². The molecule has 8 nitrogen and oxygen atoms in total.